The number of fused-ring (bicyclic) bond motifs is 1. The third-order valence-electron chi connectivity index (χ3n) is 4.18. The van der Waals surface area contributed by atoms with Crippen LogP contribution < -0.4 is 0 Å². The van der Waals surface area contributed by atoms with Crippen LogP contribution in [0.25, 0.3) is 11.3 Å². The number of aromatic nitrogens is 3. The van der Waals surface area contributed by atoms with Gasteiger partial charge in [0.15, 0.2) is 15.5 Å². The molecule has 8 heteroatoms. The Balaban J connectivity index is 2.31. The number of allylic oxidation sites excluding steroid dienone is 1. The summed E-state index contributed by atoms with van der Waals surface area (Å²) in [5.41, 5.74) is 3.39. The molecule has 0 aromatic carbocycles. The summed E-state index contributed by atoms with van der Waals surface area (Å²) in [7, 11) is -3.46. The molecule has 0 unspecified atom stereocenters. The Kier molecular flexibility index (Phi) is 4.95. The van der Waals surface area contributed by atoms with Crippen LogP contribution in [0, 0.1) is 6.92 Å². The molecule has 0 N–H and O–H groups in total. The number of carbonyl (C=O) groups excluding carboxylic acids is 1. The van der Waals surface area contributed by atoms with Crippen molar-refractivity contribution in [3.63, 3.8) is 0 Å². The molecule has 0 spiro atoms. The fourth-order valence-corrected chi connectivity index (χ4v) is 4.52. The van der Waals surface area contributed by atoms with E-state index in [4.69, 9.17) is 4.74 Å². The predicted octanol–water partition coefficient (Wildman–Crippen LogP) is 2.82. The number of ether oxygens (including phenoxy) is 1. The summed E-state index contributed by atoms with van der Waals surface area (Å²) in [4.78, 5) is 16.5. The Morgan fingerprint density at radius 2 is 2.12 bits per heavy atom. The average molecular weight is 375 g/mol. The molecule has 0 amide bonds. The zero-order chi connectivity index (χ0) is 18.9. The van der Waals surface area contributed by atoms with Crippen molar-refractivity contribution in [2.24, 2.45) is 0 Å². The maximum atomic E-state index is 12.4. The smallest absolute Gasteiger partial charge is 0.359 e. The van der Waals surface area contributed by atoms with E-state index < -0.39 is 15.8 Å². The fraction of sp³-hybridized carbons (Fsp3) is 0.389. The Morgan fingerprint density at radius 1 is 1.35 bits per heavy atom. The van der Waals surface area contributed by atoms with E-state index in [2.05, 4.69) is 10.1 Å². The number of pyridine rings is 1. The number of rotatable bonds is 5. The van der Waals surface area contributed by atoms with Crippen LogP contribution in [0.15, 0.2) is 23.9 Å². The molecule has 1 aliphatic heterocycles. The third kappa shape index (κ3) is 3.29. The molecule has 0 saturated carbocycles. The molecule has 7 nitrogen and oxygen atoms in total. The Hall–Kier alpha value is -2.48. The Labute approximate surface area is 152 Å². The molecular weight excluding hydrogens is 354 g/mol. The number of hydrogen-bond donors (Lipinski definition) is 0. The first kappa shape index (κ1) is 18.3. The van der Waals surface area contributed by atoms with E-state index in [-0.39, 0.29) is 18.1 Å². The highest BCUT2D eigenvalue weighted by atomic mass is 32.2. The van der Waals surface area contributed by atoms with Gasteiger partial charge in [-0.05, 0) is 37.5 Å². The highest BCUT2D eigenvalue weighted by Gasteiger charge is 2.33. The summed E-state index contributed by atoms with van der Waals surface area (Å²) in [6, 6.07) is 1.84. The summed E-state index contributed by atoms with van der Waals surface area (Å²) >= 11 is 0. The van der Waals surface area contributed by atoms with Crippen molar-refractivity contribution >= 4 is 21.4 Å². The van der Waals surface area contributed by atoms with Crippen LogP contribution in [0.1, 0.15) is 54.0 Å². The van der Waals surface area contributed by atoms with Crippen molar-refractivity contribution in [2.45, 2.75) is 39.4 Å². The van der Waals surface area contributed by atoms with E-state index in [0.29, 0.717) is 28.9 Å². The van der Waals surface area contributed by atoms with Crippen LogP contribution in [0.2, 0.25) is 0 Å². The molecule has 138 valence electrons. The molecule has 0 aliphatic carbocycles. The second kappa shape index (κ2) is 7.03. The fourth-order valence-electron chi connectivity index (χ4n) is 3.09. The van der Waals surface area contributed by atoms with Crippen LogP contribution in [-0.4, -0.2) is 35.8 Å². The Bertz CT molecular complexity index is 990. The van der Waals surface area contributed by atoms with Crippen molar-refractivity contribution in [3.8, 4) is 5.69 Å². The number of hydrogen-bond acceptors (Lipinski definition) is 6. The number of aryl methyl sites for hydroxylation is 1. The average Bonchev–Trinajstić information content (AvgIpc) is 2.94. The number of nitrogens with zero attached hydrogens (tertiary/aromatic N) is 3. The van der Waals surface area contributed by atoms with Crippen LogP contribution in [0.4, 0.5) is 0 Å². The quantitative estimate of drug-likeness (QED) is 0.746. The lowest BCUT2D eigenvalue weighted by Crippen LogP contribution is -2.14. The van der Waals surface area contributed by atoms with Crippen LogP contribution in [0.3, 0.4) is 0 Å². The zero-order valence-corrected chi connectivity index (χ0v) is 15.8. The molecule has 3 heterocycles. The van der Waals surface area contributed by atoms with Crippen LogP contribution >= 0.6 is 0 Å². The van der Waals surface area contributed by atoms with Gasteiger partial charge in [-0.3, -0.25) is 4.98 Å². The van der Waals surface area contributed by atoms with E-state index in [9.17, 15) is 13.2 Å². The molecule has 0 saturated heterocycles. The van der Waals surface area contributed by atoms with Gasteiger partial charge in [0.05, 0.1) is 29.9 Å². The van der Waals surface area contributed by atoms with Gasteiger partial charge in [-0.25, -0.2) is 17.9 Å². The van der Waals surface area contributed by atoms with Gasteiger partial charge in [0.25, 0.3) is 0 Å². The first-order valence-corrected chi connectivity index (χ1v) is 10.2. The molecule has 0 atom stereocenters. The monoisotopic (exact) mass is 375 g/mol. The standard InChI is InChI=1S/C18H21N3O4S/c1-4-6-13-10-26(23,24)11-14-16(18(22)25-5-2)20-21(17(13)14)15-9-19-8-7-12(15)3/h7-10H,4-6,11H2,1-3H3. The van der Waals surface area contributed by atoms with E-state index >= 15 is 0 Å². The third-order valence-corrected chi connectivity index (χ3v) is 5.52. The van der Waals surface area contributed by atoms with Crippen molar-refractivity contribution in [3.05, 3.63) is 46.4 Å². The minimum absolute atomic E-state index is 0.0513. The molecule has 2 aromatic heterocycles. The second-order valence-electron chi connectivity index (χ2n) is 6.17. The lowest BCUT2D eigenvalue weighted by molar-refractivity contribution is 0.0518. The molecule has 3 rings (SSSR count). The molecule has 0 fully saturated rings. The van der Waals surface area contributed by atoms with E-state index in [1.165, 1.54) is 5.41 Å². The summed E-state index contributed by atoms with van der Waals surface area (Å²) in [5, 5.41) is 5.74. The minimum atomic E-state index is -3.46. The summed E-state index contributed by atoms with van der Waals surface area (Å²) in [5.74, 6) is -0.875. The summed E-state index contributed by atoms with van der Waals surface area (Å²) in [6.07, 6.45) is 4.67. The van der Waals surface area contributed by atoms with Gasteiger partial charge in [0.2, 0.25) is 0 Å². The normalized spacial score (nSPS) is 15.3. The van der Waals surface area contributed by atoms with Gasteiger partial charge in [-0.1, -0.05) is 13.3 Å². The zero-order valence-electron chi connectivity index (χ0n) is 15.0. The van der Waals surface area contributed by atoms with Gasteiger partial charge in [-0.15, -0.1) is 0 Å². The van der Waals surface area contributed by atoms with E-state index in [1.54, 1.807) is 24.0 Å². The predicted molar refractivity (Wildman–Crippen MR) is 97.6 cm³/mol. The molecule has 1 aliphatic rings. The second-order valence-corrected chi connectivity index (χ2v) is 8.02. The van der Waals surface area contributed by atoms with E-state index in [1.807, 2.05) is 19.9 Å². The summed E-state index contributed by atoms with van der Waals surface area (Å²) < 4.78 is 31.4. The topological polar surface area (TPSA) is 91.1 Å². The number of sulfone groups is 1. The largest absolute Gasteiger partial charge is 0.461 e. The first-order valence-electron chi connectivity index (χ1n) is 8.51. The molecule has 26 heavy (non-hydrogen) atoms. The lowest BCUT2D eigenvalue weighted by atomic mass is 10.0. The van der Waals surface area contributed by atoms with Gasteiger partial charge >= 0.3 is 5.97 Å². The number of esters is 1. The van der Waals surface area contributed by atoms with Crippen LogP contribution in [-0.2, 0) is 20.3 Å². The van der Waals surface area contributed by atoms with Crippen molar-refractivity contribution in [1.82, 2.24) is 14.8 Å². The van der Waals surface area contributed by atoms with Gasteiger partial charge in [-0.2, -0.15) is 5.10 Å². The minimum Gasteiger partial charge on any atom is -0.461 e. The molecule has 2 aromatic rings. The van der Waals surface area contributed by atoms with Crippen molar-refractivity contribution < 1.29 is 17.9 Å². The van der Waals surface area contributed by atoms with Crippen molar-refractivity contribution in [1.29, 1.82) is 0 Å². The maximum absolute atomic E-state index is 12.4. The molecular formula is C18H21N3O4S. The van der Waals surface area contributed by atoms with E-state index in [0.717, 1.165) is 12.0 Å². The lowest BCUT2D eigenvalue weighted by Gasteiger charge is -2.17. The maximum Gasteiger partial charge on any atom is 0.359 e. The highest BCUT2D eigenvalue weighted by molar-refractivity contribution is 7.93. The first-order chi connectivity index (χ1) is 12.4. The highest BCUT2D eigenvalue weighted by Crippen LogP contribution is 2.35. The van der Waals surface area contributed by atoms with Gasteiger partial charge < -0.3 is 4.74 Å². The van der Waals surface area contributed by atoms with Gasteiger partial charge in [0, 0.05) is 17.2 Å². The molecule has 0 bridgehead atoms. The molecule has 0 radical (unpaired) electrons. The Morgan fingerprint density at radius 3 is 2.77 bits per heavy atom. The SMILES string of the molecule is CCCC1=CS(=O)(=O)Cc2c(C(=O)OCC)nn(-c3cnccc3C)c21. The van der Waals surface area contributed by atoms with Gasteiger partial charge in [0.1, 0.15) is 0 Å². The summed E-state index contributed by atoms with van der Waals surface area (Å²) in [6.45, 7) is 5.78. The van der Waals surface area contributed by atoms with Crippen molar-refractivity contribution in [2.75, 3.05) is 6.61 Å². The number of carbonyl (C=O) groups is 1. The van der Waals surface area contributed by atoms with Crippen LogP contribution in [0.5, 0.6) is 0 Å².